The van der Waals surface area contributed by atoms with Crippen LogP contribution in [0.4, 0.5) is 5.69 Å². The fourth-order valence-electron chi connectivity index (χ4n) is 4.94. The molecule has 0 spiro atoms. The van der Waals surface area contributed by atoms with E-state index in [4.69, 9.17) is 4.74 Å². The SMILES string of the molecule is COc1ccc([C@H]2[C@H]3C(=O)N(c4cccc(C)c4)C(=O)[C@H]3N3CCCN23)cc1. The van der Waals surface area contributed by atoms with Crippen molar-refractivity contribution in [2.75, 3.05) is 25.1 Å². The molecule has 3 heterocycles. The molecule has 5 rings (SSSR count). The zero-order valence-electron chi connectivity index (χ0n) is 16.0. The number of aryl methyl sites for hydroxylation is 1. The number of benzene rings is 2. The van der Waals surface area contributed by atoms with E-state index in [0.717, 1.165) is 36.4 Å². The lowest BCUT2D eigenvalue weighted by atomic mass is 9.90. The molecular formula is C22H23N3O3. The van der Waals surface area contributed by atoms with Crippen LogP contribution in [-0.2, 0) is 9.59 Å². The molecule has 28 heavy (non-hydrogen) atoms. The summed E-state index contributed by atoms with van der Waals surface area (Å²) in [7, 11) is 1.64. The molecule has 3 saturated heterocycles. The first-order chi connectivity index (χ1) is 13.6. The number of hydrogen-bond donors (Lipinski definition) is 0. The first-order valence-electron chi connectivity index (χ1n) is 9.72. The van der Waals surface area contributed by atoms with Crippen LogP contribution in [0.15, 0.2) is 48.5 Å². The molecule has 2 aromatic carbocycles. The fourth-order valence-corrected chi connectivity index (χ4v) is 4.94. The number of nitrogens with zero attached hydrogens (tertiary/aromatic N) is 3. The first kappa shape index (κ1) is 17.4. The highest BCUT2D eigenvalue weighted by molar-refractivity contribution is 6.24. The number of hydrogen-bond acceptors (Lipinski definition) is 5. The van der Waals surface area contributed by atoms with Gasteiger partial charge < -0.3 is 4.74 Å². The molecule has 3 fully saturated rings. The van der Waals surface area contributed by atoms with Gasteiger partial charge in [-0.3, -0.25) is 9.59 Å². The molecule has 144 valence electrons. The average Bonchev–Trinajstić information content (AvgIpc) is 3.34. The second-order valence-corrected chi connectivity index (χ2v) is 7.72. The van der Waals surface area contributed by atoms with Crippen LogP contribution in [0.5, 0.6) is 5.75 Å². The summed E-state index contributed by atoms with van der Waals surface area (Å²) in [6.45, 7) is 3.65. The summed E-state index contributed by atoms with van der Waals surface area (Å²) >= 11 is 0. The van der Waals surface area contributed by atoms with Gasteiger partial charge >= 0.3 is 0 Å². The van der Waals surface area contributed by atoms with Gasteiger partial charge in [0.05, 0.1) is 24.8 Å². The predicted molar refractivity (Wildman–Crippen MR) is 105 cm³/mol. The van der Waals surface area contributed by atoms with Gasteiger partial charge in [-0.25, -0.2) is 14.9 Å². The number of carbonyl (C=O) groups is 2. The van der Waals surface area contributed by atoms with Crippen LogP contribution >= 0.6 is 0 Å². The van der Waals surface area contributed by atoms with Crippen LogP contribution in [0.1, 0.15) is 23.6 Å². The minimum absolute atomic E-state index is 0.101. The number of carbonyl (C=O) groups excluding carboxylic acids is 2. The Kier molecular flexibility index (Phi) is 4.00. The smallest absolute Gasteiger partial charge is 0.253 e. The van der Waals surface area contributed by atoms with E-state index in [1.807, 2.05) is 55.5 Å². The molecule has 6 heteroatoms. The van der Waals surface area contributed by atoms with Crippen LogP contribution < -0.4 is 9.64 Å². The van der Waals surface area contributed by atoms with Crippen molar-refractivity contribution in [1.29, 1.82) is 0 Å². The lowest BCUT2D eigenvalue weighted by molar-refractivity contribution is -0.126. The minimum atomic E-state index is -0.414. The number of imide groups is 1. The van der Waals surface area contributed by atoms with Crippen LogP contribution in [-0.4, -0.2) is 48.1 Å². The number of amides is 2. The molecule has 2 amide bonds. The van der Waals surface area contributed by atoms with Crippen molar-refractivity contribution < 1.29 is 14.3 Å². The van der Waals surface area contributed by atoms with Crippen molar-refractivity contribution in [3.63, 3.8) is 0 Å². The van der Waals surface area contributed by atoms with Crippen molar-refractivity contribution >= 4 is 17.5 Å². The first-order valence-corrected chi connectivity index (χ1v) is 9.72. The highest BCUT2D eigenvalue weighted by Gasteiger charge is 2.62. The molecule has 0 aromatic heterocycles. The number of anilines is 1. The quantitative estimate of drug-likeness (QED) is 0.770. The molecule has 3 aliphatic rings. The van der Waals surface area contributed by atoms with E-state index in [2.05, 4.69) is 10.0 Å². The monoisotopic (exact) mass is 377 g/mol. The average molecular weight is 377 g/mol. The Balaban J connectivity index is 1.56. The van der Waals surface area contributed by atoms with Gasteiger partial charge in [-0.15, -0.1) is 0 Å². The van der Waals surface area contributed by atoms with Gasteiger partial charge in [0.15, 0.2) is 0 Å². The Morgan fingerprint density at radius 1 is 0.929 bits per heavy atom. The summed E-state index contributed by atoms with van der Waals surface area (Å²) < 4.78 is 5.28. The maximum Gasteiger partial charge on any atom is 0.253 e. The van der Waals surface area contributed by atoms with Gasteiger partial charge in [0.25, 0.3) is 5.91 Å². The molecule has 0 unspecified atom stereocenters. The van der Waals surface area contributed by atoms with Gasteiger partial charge in [-0.05, 0) is 48.7 Å². The van der Waals surface area contributed by atoms with Gasteiger partial charge in [0, 0.05) is 13.1 Å². The minimum Gasteiger partial charge on any atom is -0.497 e. The number of hydrazine groups is 1. The van der Waals surface area contributed by atoms with Crippen LogP contribution in [0.25, 0.3) is 0 Å². The predicted octanol–water partition coefficient (Wildman–Crippen LogP) is 2.54. The molecule has 0 aliphatic carbocycles. The van der Waals surface area contributed by atoms with E-state index < -0.39 is 6.04 Å². The third-order valence-electron chi connectivity index (χ3n) is 6.12. The molecule has 0 saturated carbocycles. The Morgan fingerprint density at radius 3 is 2.32 bits per heavy atom. The lowest BCUT2D eigenvalue weighted by Gasteiger charge is -2.29. The normalized spacial score (nSPS) is 27.4. The Morgan fingerprint density at radius 2 is 1.64 bits per heavy atom. The van der Waals surface area contributed by atoms with E-state index >= 15 is 0 Å². The van der Waals surface area contributed by atoms with E-state index in [0.29, 0.717) is 5.69 Å². The molecule has 3 atom stereocenters. The van der Waals surface area contributed by atoms with Gasteiger partial charge in [-0.1, -0.05) is 24.3 Å². The molecule has 0 radical (unpaired) electrons. The molecule has 3 aliphatic heterocycles. The Hall–Kier alpha value is -2.70. The van der Waals surface area contributed by atoms with Crippen molar-refractivity contribution in [3.05, 3.63) is 59.7 Å². The number of fused-ring (bicyclic) bond motifs is 3. The van der Waals surface area contributed by atoms with Crippen molar-refractivity contribution in [3.8, 4) is 5.75 Å². The zero-order chi connectivity index (χ0) is 19.4. The number of methoxy groups -OCH3 is 1. The van der Waals surface area contributed by atoms with Crippen LogP contribution in [0, 0.1) is 12.8 Å². The van der Waals surface area contributed by atoms with Gasteiger partial charge in [0.1, 0.15) is 11.8 Å². The summed E-state index contributed by atoms with van der Waals surface area (Å²) in [5.41, 5.74) is 2.75. The molecule has 2 aromatic rings. The third-order valence-corrected chi connectivity index (χ3v) is 6.12. The Bertz CT molecular complexity index is 942. The lowest BCUT2D eigenvalue weighted by Crippen LogP contribution is -2.44. The fraction of sp³-hybridized carbons (Fsp3) is 0.364. The maximum atomic E-state index is 13.5. The topological polar surface area (TPSA) is 53.1 Å². The molecule has 6 nitrogen and oxygen atoms in total. The summed E-state index contributed by atoms with van der Waals surface area (Å²) in [4.78, 5) is 28.2. The van der Waals surface area contributed by atoms with Crippen LogP contribution in [0.2, 0.25) is 0 Å². The standard InChI is InChI=1S/C22H23N3O3/c1-14-5-3-6-16(13-14)25-21(26)18-19(15-7-9-17(28-2)10-8-15)23-11-4-12-24(23)20(18)22(25)27/h3,5-10,13,18-20H,4,11-12H2,1-2H3/t18-,19+,20+/m1/s1. The molecular weight excluding hydrogens is 354 g/mol. The van der Waals surface area contributed by atoms with E-state index in [1.165, 1.54) is 4.90 Å². The summed E-state index contributed by atoms with van der Waals surface area (Å²) in [6, 6.07) is 14.9. The second-order valence-electron chi connectivity index (χ2n) is 7.72. The summed E-state index contributed by atoms with van der Waals surface area (Å²) in [6.07, 6.45) is 1.00. The Labute approximate surface area is 164 Å². The number of ether oxygens (including phenoxy) is 1. The van der Waals surface area contributed by atoms with E-state index in [-0.39, 0.29) is 23.8 Å². The van der Waals surface area contributed by atoms with E-state index in [1.54, 1.807) is 7.11 Å². The van der Waals surface area contributed by atoms with E-state index in [9.17, 15) is 9.59 Å². The largest absolute Gasteiger partial charge is 0.497 e. The zero-order valence-corrected chi connectivity index (χ0v) is 16.0. The van der Waals surface area contributed by atoms with Crippen molar-refractivity contribution in [2.24, 2.45) is 5.92 Å². The van der Waals surface area contributed by atoms with Crippen molar-refractivity contribution in [1.82, 2.24) is 10.0 Å². The highest BCUT2D eigenvalue weighted by atomic mass is 16.5. The second kappa shape index (κ2) is 6.43. The summed E-state index contributed by atoms with van der Waals surface area (Å²) in [5, 5.41) is 4.34. The molecule has 0 bridgehead atoms. The van der Waals surface area contributed by atoms with Gasteiger partial charge in [-0.2, -0.15) is 0 Å². The van der Waals surface area contributed by atoms with Crippen molar-refractivity contribution in [2.45, 2.75) is 25.4 Å². The third kappa shape index (κ3) is 2.41. The summed E-state index contributed by atoms with van der Waals surface area (Å²) in [5.74, 6) is 0.188. The van der Waals surface area contributed by atoms with Gasteiger partial charge in [0.2, 0.25) is 5.91 Å². The number of rotatable bonds is 3. The molecule has 0 N–H and O–H groups in total. The highest BCUT2D eigenvalue weighted by Crippen LogP contribution is 2.49. The van der Waals surface area contributed by atoms with Crippen LogP contribution in [0.3, 0.4) is 0 Å². The maximum absolute atomic E-state index is 13.5.